The van der Waals surface area contributed by atoms with E-state index in [4.69, 9.17) is 14.6 Å². The van der Waals surface area contributed by atoms with Crippen LogP contribution in [0.4, 0.5) is 16.2 Å². The second-order valence-electron chi connectivity index (χ2n) is 7.22. The number of rotatable bonds is 8. The lowest BCUT2D eigenvalue weighted by Gasteiger charge is -2.33. The molecule has 4 amide bonds. The highest BCUT2D eigenvalue weighted by molar-refractivity contribution is 6.35. The minimum atomic E-state index is -0.751. The number of anilines is 2. The highest BCUT2D eigenvalue weighted by atomic mass is 16.5. The van der Waals surface area contributed by atoms with Crippen molar-refractivity contribution in [3.63, 3.8) is 0 Å². The zero-order chi connectivity index (χ0) is 23.2. The molecule has 0 aliphatic carbocycles. The van der Waals surface area contributed by atoms with E-state index in [0.717, 1.165) is 15.4 Å². The molecule has 1 heterocycles. The molecule has 33 heavy (non-hydrogen) atoms. The van der Waals surface area contributed by atoms with Gasteiger partial charge in [-0.1, -0.05) is 42.5 Å². The lowest BCUT2D eigenvalue weighted by Crippen LogP contribution is -2.55. The summed E-state index contributed by atoms with van der Waals surface area (Å²) >= 11 is 0. The lowest BCUT2D eigenvalue weighted by molar-refractivity contribution is -0.126. The zero-order valence-corrected chi connectivity index (χ0v) is 17.7. The van der Waals surface area contributed by atoms with Gasteiger partial charge in [-0.2, -0.15) is 0 Å². The number of carbonyl (C=O) groups is 3. The van der Waals surface area contributed by atoms with Crippen LogP contribution in [0.15, 0.2) is 78.9 Å². The molecule has 168 valence electrons. The number of hydrogen-bond donors (Lipinski definition) is 1. The van der Waals surface area contributed by atoms with E-state index in [0.29, 0.717) is 17.2 Å². The number of amides is 4. The third kappa shape index (κ3) is 4.86. The molecule has 0 aromatic heterocycles. The summed E-state index contributed by atoms with van der Waals surface area (Å²) in [5, 5.41) is 9.10. The molecule has 3 aromatic carbocycles. The summed E-state index contributed by atoms with van der Waals surface area (Å²) in [5.41, 5.74) is 1.43. The van der Waals surface area contributed by atoms with Crippen LogP contribution in [0.3, 0.4) is 0 Å². The van der Waals surface area contributed by atoms with E-state index in [1.165, 1.54) is 0 Å². The summed E-state index contributed by atoms with van der Waals surface area (Å²) in [5.74, 6) is -0.247. The van der Waals surface area contributed by atoms with Gasteiger partial charge in [-0.3, -0.25) is 9.59 Å². The summed E-state index contributed by atoms with van der Waals surface area (Å²) in [6.07, 6.45) is -0.429. The Morgan fingerprint density at radius 1 is 0.727 bits per heavy atom. The number of barbiturate groups is 1. The van der Waals surface area contributed by atoms with Crippen LogP contribution in [0.2, 0.25) is 0 Å². The third-order valence-corrected chi connectivity index (χ3v) is 5.02. The molecular weight excluding hydrogens is 424 g/mol. The Balaban J connectivity index is 1.48. The number of carbonyl (C=O) groups excluding carboxylic acids is 3. The SMILES string of the molecule is O=C1CC(=O)N(c2ccccc2OCCOc2ccc(CO)cc2)C(=O)N1c1ccccc1. The molecular formula is C25H22N2O6. The van der Waals surface area contributed by atoms with Gasteiger partial charge in [0, 0.05) is 0 Å². The Morgan fingerprint density at radius 2 is 1.36 bits per heavy atom. The second-order valence-corrected chi connectivity index (χ2v) is 7.22. The summed E-state index contributed by atoms with van der Waals surface area (Å²) in [6, 6.07) is 21.4. The van der Waals surface area contributed by atoms with E-state index in [1.807, 2.05) is 0 Å². The second kappa shape index (κ2) is 9.97. The van der Waals surface area contributed by atoms with Crippen LogP contribution in [0, 0.1) is 0 Å². The standard InChI is InChI=1S/C25H22N2O6/c28-17-18-10-12-20(13-11-18)32-14-15-33-22-9-5-4-8-21(22)27-24(30)16-23(29)26(25(27)31)19-6-2-1-3-7-19/h1-13,28H,14-17H2. The predicted molar refractivity (Wildman–Crippen MR) is 121 cm³/mol. The van der Waals surface area contributed by atoms with Crippen molar-refractivity contribution in [1.29, 1.82) is 0 Å². The first-order valence-corrected chi connectivity index (χ1v) is 10.4. The zero-order valence-electron chi connectivity index (χ0n) is 17.7. The van der Waals surface area contributed by atoms with Crippen LogP contribution in [0.5, 0.6) is 11.5 Å². The number of nitrogens with zero attached hydrogens (tertiary/aromatic N) is 2. The molecule has 8 nitrogen and oxygen atoms in total. The number of benzene rings is 3. The summed E-state index contributed by atoms with van der Waals surface area (Å²) < 4.78 is 11.4. The Kier molecular flexibility index (Phi) is 6.66. The fraction of sp³-hybridized carbons (Fsp3) is 0.160. The molecule has 0 radical (unpaired) electrons. The average Bonchev–Trinajstić information content (AvgIpc) is 2.83. The Morgan fingerprint density at radius 3 is 2.09 bits per heavy atom. The van der Waals surface area contributed by atoms with Crippen molar-refractivity contribution in [3.8, 4) is 11.5 Å². The molecule has 0 unspecified atom stereocenters. The fourth-order valence-electron chi connectivity index (χ4n) is 3.44. The topological polar surface area (TPSA) is 96.4 Å². The van der Waals surface area contributed by atoms with Gasteiger partial charge in [0.15, 0.2) is 0 Å². The smallest absolute Gasteiger partial charge is 0.342 e. The van der Waals surface area contributed by atoms with E-state index in [-0.39, 0.29) is 25.5 Å². The maximum atomic E-state index is 13.2. The Bertz CT molecular complexity index is 1150. The number of imide groups is 2. The molecule has 1 saturated heterocycles. The van der Waals surface area contributed by atoms with Crippen LogP contribution < -0.4 is 19.3 Å². The summed E-state index contributed by atoms with van der Waals surface area (Å²) in [6.45, 7) is 0.348. The van der Waals surface area contributed by atoms with Crippen molar-refractivity contribution in [2.75, 3.05) is 23.0 Å². The number of hydrogen-bond acceptors (Lipinski definition) is 6. The van der Waals surface area contributed by atoms with Gasteiger partial charge in [-0.05, 0) is 42.0 Å². The van der Waals surface area contributed by atoms with Crippen molar-refractivity contribution in [2.45, 2.75) is 13.0 Å². The van der Waals surface area contributed by atoms with Gasteiger partial charge in [0.25, 0.3) is 0 Å². The normalized spacial score (nSPS) is 13.9. The monoisotopic (exact) mass is 446 g/mol. The first-order valence-electron chi connectivity index (χ1n) is 10.4. The van der Waals surface area contributed by atoms with Gasteiger partial charge in [0.2, 0.25) is 11.8 Å². The van der Waals surface area contributed by atoms with E-state index >= 15 is 0 Å². The summed E-state index contributed by atoms with van der Waals surface area (Å²) in [4.78, 5) is 40.3. The average molecular weight is 446 g/mol. The van der Waals surface area contributed by atoms with E-state index in [9.17, 15) is 14.4 Å². The molecule has 0 atom stereocenters. The van der Waals surface area contributed by atoms with Gasteiger partial charge in [-0.25, -0.2) is 14.6 Å². The van der Waals surface area contributed by atoms with Crippen molar-refractivity contribution in [3.05, 3.63) is 84.4 Å². The fourth-order valence-corrected chi connectivity index (χ4v) is 3.44. The Labute approximate surface area is 190 Å². The van der Waals surface area contributed by atoms with Crippen LogP contribution in [0.25, 0.3) is 0 Å². The molecule has 1 N–H and O–H groups in total. The predicted octanol–water partition coefficient (Wildman–Crippen LogP) is 3.53. The first-order chi connectivity index (χ1) is 16.1. The lowest BCUT2D eigenvalue weighted by atomic mass is 10.2. The van der Waals surface area contributed by atoms with Crippen LogP contribution in [0.1, 0.15) is 12.0 Å². The van der Waals surface area contributed by atoms with Gasteiger partial charge >= 0.3 is 6.03 Å². The van der Waals surface area contributed by atoms with Gasteiger partial charge in [-0.15, -0.1) is 0 Å². The van der Waals surface area contributed by atoms with Crippen molar-refractivity contribution in [1.82, 2.24) is 0 Å². The highest BCUT2D eigenvalue weighted by Crippen LogP contribution is 2.33. The van der Waals surface area contributed by atoms with Crippen molar-refractivity contribution >= 4 is 29.2 Å². The first kappa shape index (κ1) is 22.0. The minimum absolute atomic E-state index is 0.0403. The number of aliphatic hydroxyl groups excluding tert-OH is 1. The van der Waals surface area contributed by atoms with E-state index < -0.39 is 24.3 Å². The maximum Gasteiger partial charge on any atom is 0.342 e. The number of ether oxygens (including phenoxy) is 2. The Hall–Kier alpha value is -4.17. The van der Waals surface area contributed by atoms with Gasteiger partial charge < -0.3 is 14.6 Å². The molecule has 4 rings (SSSR count). The third-order valence-electron chi connectivity index (χ3n) is 5.02. The molecule has 0 saturated carbocycles. The number of urea groups is 1. The van der Waals surface area contributed by atoms with Crippen molar-refractivity contribution in [2.24, 2.45) is 0 Å². The molecule has 1 aliphatic rings. The number of para-hydroxylation sites is 3. The molecule has 0 bridgehead atoms. The van der Waals surface area contributed by atoms with Gasteiger partial charge in [0.1, 0.15) is 31.1 Å². The molecule has 1 aliphatic heterocycles. The van der Waals surface area contributed by atoms with Gasteiger partial charge in [0.05, 0.1) is 18.0 Å². The van der Waals surface area contributed by atoms with Crippen LogP contribution >= 0.6 is 0 Å². The van der Waals surface area contributed by atoms with Crippen molar-refractivity contribution < 1.29 is 29.0 Å². The van der Waals surface area contributed by atoms with E-state index in [2.05, 4.69) is 0 Å². The quantitative estimate of drug-likeness (QED) is 0.420. The molecule has 0 spiro atoms. The maximum absolute atomic E-state index is 13.2. The highest BCUT2D eigenvalue weighted by Gasteiger charge is 2.40. The molecule has 8 heteroatoms. The largest absolute Gasteiger partial charge is 0.490 e. The number of aliphatic hydroxyl groups is 1. The molecule has 3 aromatic rings. The van der Waals surface area contributed by atoms with Crippen LogP contribution in [-0.4, -0.2) is 36.2 Å². The minimum Gasteiger partial charge on any atom is -0.490 e. The van der Waals surface area contributed by atoms with E-state index in [1.54, 1.807) is 78.9 Å². The van der Waals surface area contributed by atoms with Crippen LogP contribution in [-0.2, 0) is 16.2 Å². The molecule has 1 fully saturated rings. The summed E-state index contributed by atoms with van der Waals surface area (Å²) in [7, 11) is 0.